The lowest BCUT2D eigenvalue weighted by atomic mass is 10.1. The van der Waals surface area contributed by atoms with Crippen LogP contribution in [0.4, 0.5) is 16.3 Å². The van der Waals surface area contributed by atoms with Gasteiger partial charge in [0.05, 0.1) is 5.69 Å². The predicted molar refractivity (Wildman–Crippen MR) is 107 cm³/mol. The summed E-state index contributed by atoms with van der Waals surface area (Å²) < 4.78 is 0. The number of H-pyrrole nitrogens is 1. The maximum absolute atomic E-state index is 12.3. The monoisotopic (exact) mass is 361 g/mol. The van der Waals surface area contributed by atoms with Crippen LogP contribution in [-0.4, -0.2) is 27.7 Å². The minimum absolute atomic E-state index is 0.278. The first-order valence-electron chi connectivity index (χ1n) is 9.14. The molecule has 1 aromatic heterocycles. The number of carbonyl (C=O) groups is 1. The van der Waals surface area contributed by atoms with Crippen molar-refractivity contribution < 1.29 is 4.79 Å². The summed E-state index contributed by atoms with van der Waals surface area (Å²) >= 11 is 0. The Balaban J connectivity index is 1.38. The van der Waals surface area contributed by atoms with Crippen molar-refractivity contribution in [2.24, 2.45) is 0 Å². The Morgan fingerprint density at radius 2 is 1.89 bits per heavy atom. The van der Waals surface area contributed by atoms with Crippen LogP contribution in [0.2, 0.25) is 0 Å². The third kappa shape index (κ3) is 4.17. The highest BCUT2D eigenvalue weighted by molar-refractivity contribution is 5.99. The largest absolute Gasteiger partial charge is 0.324 e. The number of carbonyl (C=O) groups excluding carboxylic acids is 1. The second-order valence-corrected chi connectivity index (χ2v) is 6.92. The average Bonchev–Trinajstić information content (AvgIpc) is 3.06. The zero-order valence-corrected chi connectivity index (χ0v) is 15.3. The van der Waals surface area contributed by atoms with Gasteiger partial charge < -0.3 is 5.32 Å². The van der Waals surface area contributed by atoms with Crippen molar-refractivity contribution in [1.29, 1.82) is 0 Å². The first-order valence-corrected chi connectivity index (χ1v) is 9.14. The van der Waals surface area contributed by atoms with Gasteiger partial charge in [-0.3, -0.25) is 15.3 Å². The molecule has 0 saturated heterocycles. The van der Waals surface area contributed by atoms with E-state index in [0.29, 0.717) is 5.82 Å². The third-order valence-corrected chi connectivity index (χ3v) is 4.80. The molecule has 1 aliphatic heterocycles. The maximum atomic E-state index is 12.3. The second kappa shape index (κ2) is 7.63. The summed E-state index contributed by atoms with van der Waals surface area (Å²) in [7, 11) is 0. The van der Waals surface area contributed by atoms with Gasteiger partial charge in [-0.25, -0.2) is 4.79 Å². The molecule has 3 aromatic rings. The first-order chi connectivity index (χ1) is 13.2. The van der Waals surface area contributed by atoms with Gasteiger partial charge >= 0.3 is 6.03 Å². The predicted octanol–water partition coefficient (Wildman–Crippen LogP) is 3.92. The molecule has 2 amide bonds. The van der Waals surface area contributed by atoms with Gasteiger partial charge in [0, 0.05) is 30.9 Å². The number of hydrogen-bond donors (Lipinski definition) is 3. The Hall–Kier alpha value is -3.12. The van der Waals surface area contributed by atoms with Crippen LogP contribution in [0.15, 0.2) is 54.6 Å². The molecule has 0 saturated carbocycles. The van der Waals surface area contributed by atoms with Crippen LogP contribution in [-0.2, 0) is 19.5 Å². The van der Waals surface area contributed by atoms with Gasteiger partial charge in [-0.15, -0.1) is 0 Å². The van der Waals surface area contributed by atoms with Gasteiger partial charge in [0.25, 0.3) is 0 Å². The van der Waals surface area contributed by atoms with Gasteiger partial charge in [0.2, 0.25) is 0 Å². The number of anilines is 2. The fraction of sp³-hybridized carbons (Fsp3) is 0.238. The van der Waals surface area contributed by atoms with Crippen LogP contribution in [0.1, 0.15) is 22.4 Å². The second-order valence-electron chi connectivity index (χ2n) is 6.92. The van der Waals surface area contributed by atoms with E-state index in [4.69, 9.17) is 0 Å². The first kappa shape index (κ1) is 17.3. The van der Waals surface area contributed by atoms with E-state index >= 15 is 0 Å². The smallest absolute Gasteiger partial charge is 0.308 e. The van der Waals surface area contributed by atoms with Crippen LogP contribution in [0.5, 0.6) is 0 Å². The van der Waals surface area contributed by atoms with E-state index in [2.05, 4.69) is 50.0 Å². The maximum Gasteiger partial charge on any atom is 0.324 e. The van der Waals surface area contributed by atoms with E-state index in [9.17, 15) is 4.79 Å². The zero-order chi connectivity index (χ0) is 18.6. The molecule has 0 radical (unpaired) electrons. The lowest BCUT2D eigenvalue weighted by Crippen LogP contribution is -2.30. The van der Waals surface area contributed by atoms with Crippen LogP contribution in [0.25, 0.3) is 0 Å². The van der Waals surface area contributed by atoms with Gasteiger partial charge in [-0.1, -0.05) is 48.0 Å². The number of aryl methyl sites for hydroxylation is 1. The number of hydrogen-bond acceptors (Lipinski definition) is 3. The Kier molecular flexibility index (Phi) is 4.89. The van der Waals surface area contributed by atoms with Crippen molar-refractivity contribution in [2.75, 3.05) is 17.2 Å². The fourth-order valence-electron chi connectivity index (χ4n) is 3.36. The van der Waals surface area contributed by atoms with Crippen LogP contribution < -0.4 is 10.6 Å². The van der Waals surface area contributed by atoms with Crippen LogP contribution >= 0.6 is 0 Å². The van der Waals surface area contributed by atoms with Crippen molar-refractivity contribution in [3.05, 3.63) is 77.0 Å². The number of benzene rings is 2. The van der Waals surface area contributed by atoms with Gasteiger partial charge in [-0.2, -0.15) is 5.10 Å². The number of amides is 2. The third-order valence-electron chi connectivity index (χ3n) is 4.80. The van der Waals surface area contributed by atoms with Gasteiger partial charge in [-0.05, 0) is 31.0 Å². The molecule has 6 heteroatoms. The molecule has 2 heterocycles. The number of aromatic nitrogens is 2. The summed E-state index contributed by atoms with van der Waals surface area (Å²) in [5.74, 6) is 0.619. The zero-order valence-electron chi connectivity index (χ0n) is 15.3. The summed E-state index contributed by atoms with van der Waals surface area (Å²) in [5.41, 5.74) is 5.39. The summed E-state index contributed by atoms with van der Waals surface area (Å²) in [6.45, 7) is 4.67. The quantitative estimate of drug-likeness (QED) is 0.659. The number of rotatable bonds is 4. The minimum Gasteiger partial charge on any atom is -0.308 e. The number of urea groups is 1. The van der Waals surface area contributed by atoms with E-state index in [1.54, 1.807) is 0 Å². The van der Waals surface area contributed by atoms with E-state index < -0.39 is 0 Å². The molecule has 0 spiro atoms. The summed E-state index contributed by atoms with van der Waals surface area (Å²) in [4.78, 5) is 14.7. The molecule has 0 unspecified atom stereocenters. The minimum atomic E-state index is -0.278. The van der Waals surface area contributed by atoms with Crippen LogP contribution in [0.3, 0.4) is 0 Å². The Labute approximate surface area is 158 Å². The van der Waals surface area contributed by atoms with E-state index in [1.165, 1.54) is 5.56 Å². The molecule has 27 heavy (non-hydrogen) atoms. The van der Waals surface area contributed by atoms with Crippen molar-refractivity contribution >= 4 is 17.5 Å². The molecule has 6 nitrogen and oxygen atoms in total. The van der Waals surface area contributed by atoms with Crippen molar-refractivity contribution in [1.82, 2.24) is 15.1 Å². The van der Waals surface area contributed by atoms with E-state index in [0.717, 1.165) is 48.6 Å². The van der Waals surface area contributed by atoms with Crippen LogP contribution in [0, 0.1) is 6.92 Å². The highest BCUT2D eigenvalue weighted by atomic mass is 16.2. The summed E-state index contributed by atoms with van der Waals surface area (Å²) in [5, 5.41) is 13.1. The SMILES string of the molecule is Cc1ccc(NC(=O)Nc2n[nH]c3c2CCN(Cc2ccccc2)C3)cc1. The highest BCUT2D eigenvalue weighted by Crippen LogP contribution is 2.25. The Morgan fingerprint density at radius 1 is 1.11 bits per heavy atom. The number of nitrogens with one attached hydrogen (secondary N) is 3. The molecule has 3 N–H and O–H groups in total. The lowest BCUT2D eigenvalue weighted by molar-refractivity contribution is 0.242. The molecule has 0 bridgehead atoms. The van der Waals surface area contributed by atoms with E-state index in [-0.39, 0.29) is 6.03 Å². The van der Waals surface area contributed by atoms with Gasteiger partial charge in [0.1, 0.15) is 0 Å². The Bertz CT molecular complexity index is 918. The summed E-state index contributed by atoms with van der Waals surface area (Å²) in [6, 6.07) is 17.9. The molecule has 138 valence electrons. The molecule has 1 aliphatic rings. The Morgan fingerprint density at radius 3 is 2.67 bits per heavy atom. The van der Waals surface area contributed by atoms with Crippen molar-refractivity contribution in [3.8, 4) is 0 Å². The number of aromatic amines is 1. The fourth-order valence-corrected chi connectivity index (χ4v) is 3.36. The summed E-state index contributed by atoms with van der Waals surface area (Å²) in [6.07, 6.45) is 0.860. The molecular weight excluding hydrogens is 338 g/mol. The number of fused-ring (bicyclic) bond motifs is 1. The standard InChI is InChI=1S/C21H23N5O/c1-15-7-9-17(10-8-15)22-21(27)23-20-18-11-12-26(14-19(18)24-25-20)13-16-5-3-2-4-6-16/h2-10H,11-14H2,1H3,(H3,22,23,24,25,27). The van der Waals surface area contributed by atoms with Crippen molar-refractivity contribution in [3.63, 3.8) is 0 Å². The molecule has 0 atom stereocenters. The van der Waals surface area contributed by atoms with Gasteiger partial charge in [0.15, 0.2) is 5.82 Å². The molecule has 2 aromatic carbocycles. The lowest BCUT2D eigenvalue weighted by Gasteiger charge is -2.26. The molecule has 4 rings (SSSR count). The molecule has 0 fully saturated rings. The molecular formula is C21H23N5O. The highest BCUT2D eigenvalue weighted by Gasteiger charge is 2.22. The number of nitrogens with zero attached hydrogens (tertiary/aromatic N) is 2. The topological polar surface area (TPSA) is 73.0 Å². The average molecular weight is 361 g/mol. The van der Waals surface area contributed by atoms with Crippen molar-refractivity contribution in [2.45, 2.75) is 26.4 Å². The molecule has 0 aliphatic carbocycles. The van der Waals surface area contributed by atoms with E-state index in [1.807, 2.05) is 37.3 Å². The normalized spacial score (nSPS) is 13.8.